The lowest BCUT2D eigenvalue weighted by Crippen LogP contribution is -2.40. The van der Waals surface area contributed by atoms with E-state index in [1.165, 1.54) is 30.2 Å². The molecule has 2 N–H and O–H groups in total. The summed E-state index contributed by atoms with van der Waals surface area (Å²) in [6, 6.07) is 21.6. The van der Waals surface area contributed by atoms with E-state index in [4.69, 9.17) is 4.74 Å². The van der Waals surface area contributed by atoms with Crippen LogP contribution in [0.5, 0.6) is 11.5 Å². The smallest absolute Gasteiger partial charge is 0.238 e. The zero-order chi connectivity index (χ0) is 30.7. The summed E-state index contributed by atoms with van der Waals surface area (Å²) < 4.78 is 5.62. The van der Waals surface area contributed by atoms with Gasteiger partial charge in [0.15, 0.2) is 11.6 Å². The van der Waals surface area contributed by atoms with Crippen molar-refractivity contribution in [2.24, 2.45) is 17.8 Å². The third kappa shape index (κ3) is 4.28. The zero-order valence-corrected chi connectivity index (χ0v) is 24.2. The third-order valence-corrected chi connectivity index (χ3v) is 9.28. The van der Waals surface area contributed by atoms with Crippen LogP contribution in [0.2, 0.25) is 0 Å². The Morgan fingerprint density at radius 1 is 0.886 bits per heavy atom. The number of Topliss-reactive ketones (excluding diaryl/α,β-unsaturated/α-hetero) is 1. The highest BCUT2D eigenvalue weighted by Gasteiger charge is 2.56. The zero-order valence-electron chi connectivity index (χ0n) is 24.2. The molecule has 8 nitrogen and oxygen atoms in total. The summed E-state index contributed by atoms with van der Waals surface area (Å²) in [5.74, 6) is -3.03. The molecule has 1 aliphatic heterocycles. The van der Waals surface area contributed by atoms with Crippen LogP contribution in [0.4, 0.5) is 17.1 Å². The number of allylic oxidation sites excluding steroid dienone is 6. The number of phenols is 1. The van der Waals surface area contributed by atoms with E-state index in [1.807, 2.05) is 48.5 Å². The molecule has 220 valence electrons. The maximum Gasteiger partial charge on any atom is 0.238 e. The number of rotatable bonds is 5. The van der Waals surface area contributed by atoms with Gasteiger partial charge in [0, 0.05) is 45.6 Å². The summed E-state index contributed by atoms with van der Waals surface area (Å²) in [5.41, 5.74) is 4.80. The van der Waals surface area contributed by atoms with E-state index in [9.17, 15) is 24.3 Å². The lowest BCUT2D eigenvalue weighted by molar-refractivity contribution is -0.123. The summed E-state index contributed by atoms with van der Waals surface area (Å²) in [4.78, 5) is 56.3. The number of ether oxygens (including phenoxy) is 1. The van der Waals surface area contributed by atoms with Crippen molar-refractivity contribution in [3.63, 3.8) is 0 Å². The van der Waals surface area contributed by atoms with Crippen LogP contribution in [-0.2, 0) is 19.2 Å². The SMILES string of the molecule is COc1cc(O)ccc1C1C2=CCC3C(=O)N(c4ccc(Nc5ccccc5)cc4)C(=O)C3C2CC2=C1C(=O)C(C)=CC2=O. The first kappa shape index (κ1) is 27.6. The predicted octanol–water partition coefficient (Wildman–Crippen LogP) is 5.78. The van der Waals surface area contributed by atoms with Crippen molar-refractivity contribution in [2.45, 2.75) is 25.7 Å². The average Bonchev–Trinajstić information content (AvgIpc) is 3.29. The number of carbonyl (C=O) groups excluding carboxylic acids is 4. The fourth-order valence-corrected chi connectivity index (χ4v) is 7.29. The Morgan fingerprint density at radius 3 is 2.34 bits per heavy atom. The first-order valence-electron chi connectivity index (χ1n) is 14.6. The van der Waals surface area contributed by atoms with Gasteiger partial charge in [-0.2, -0.15) is 0 Å². The molecule has 1 fully saturated rings. The minimum Gasteiger partial charge on any atom is -0.508 e. The molecule has 1 saturated heterocycles. The number of ketones is 2. The molecule has 3 aliphatic carbocycles. The number of hydrogen-bond donors (Lipinski definition) is 2. The molecule has 4 unspecified atom stereocenters. The van der Waals surface area contributed by atoms with Gasteiger partial charge in [0.05, 0.1) is 24.6 Å². The Kier molecular flexibility index (Phi) is 6.57. The van der Waals surface area contributed by atoms with Crippen molar-refractivity contribution in [1.82, 2.24) is 0 Å². The van der Waals surface area contributed by atoms with Crippen LogP contribution in [0.3, 0.4) is 0 Å². The van der Waals surface area contributed by atoms with E-state index in [2.05, 4.69) is 5.32 Å². The van der Waals surface area contributed by atoms with E-state index in [-0.39, 0.29) is 35.6 Å². The molecule has 8 heteroatoms. The highest BCUT2D eigenvalue weighted by molar-refractivity contribution is 6.25. The molecule has 3 aromatic carbocycles. The second-order valence-electron chi connectivity index (χ2n) is 11.7. The van der Waals surface area contributed by atoms with Crippen molar-refractivity contribution in [3.05, 3.63) is 113 Å². The Labute approximate surface area is 254 Å². The van der Waals surface area contributed by atoms with Crippen molar-refractivity contribution in [2.75, 3.05) is 17.3 Å². The first-order valence-corrected chi connectivity index (χ1v) is 14.6. The number of para-hydroxylation sites is 1. The molecule has 3 aromatic rings. The Morgan fingerprint density at radius 2 is 1.61 bits per heavy atom. The highest BCUT2D eigenvalue weighted by Crippen LogP contribution is 2.56. The molecule has 4 aliphatic rings. The number of hydrogen-bond acceptors (Lipinski definition) is 7. The molecule has 0 bridgehead atoms. The van der Waals surface area contributed by atoms with Gasteiger partial charge >= 0.3 is 0 Å². The normalized spacial score (nSPS) is 24.4. The van der Waals surface area contributed by atoms with Gasteiger partial charge in [-0.25, -0.2) is 0 Å². The van der Waals surface area contributed by atoms with Crippen molar-refractivity contribution in [3.8, 4) is 11.5 Å². The monoisotopic (exact) mass is 586 g/mol. The summed E-state index contributed by atoms with van der Waals surface area (Å²) in [5, 5.41) is 13.5. The van der Waals surface area contributed by atoms with Gasteiger partial charge in [0.1, 0.15) is 11.5 Å². The maximum atomic E-state index is 14.2. The van der Waals surface area contributed by atoms with Crippen LogP contribution in [-0.4, -0.2) is 35.6 Å². The number of nitrogens with zero attached hydrogens (tertiary/aromatic N) is 1. The van der Waals surface area contributed by atoms with Crippen LogP contribution in [0.1, 0.15) is 31.2 Å². The lowest BCUT2D eigenvalue weighted by atomic mass is 9.59. The van der Waals surface area contributed by atoms with Crippen LogP contribution in [0, 0.1) is 17.8 Å². The quantitative estimate of drug-likeness (QED) is 0.221. The minimum absolute atomic E-state index is 0.00386. The van der Waals surface area contributed by atoms with Gasteiger partial charge in [0.2, 0.25) is 11.8 Å². The number of fused-ring (bicyclic) bond motifs is 3. The van der Waals surface area contributed by atoms with Gasteiger partial charge in [-0.05, 0) is 74.2 Å². The largest absolute Gasteiger partial charge is 0.508 e. The van der Waals surface area contributed by atoms with Crippen LogP contribution in [0.15, 0.2) is 107 Å². The molecule has 7 rings (SSSR count). The second kappa shape index (κ2) is 10.5. The van der Waals surface area contributed by atoms with Crippen LogP contribution >= 0.6 is 0 Å². The molecule has 4 atom stereocenters. The number of methoxy groups -OCH3 is 1. The number of benzene rings is 3. The van der Waals surface area contributed by atoms with Gasteiger partial charge in [-0.3, -0.25) is 24.1 Å². The lowest BCUT2D eigenvalue weighted by Gasteiger charge is -2.42. The molecule has 0 aromatic heterocycles. The van der Waals surface area contributed by atoms with E-state index >= 15 is 0 Å². The van der Waals surface area contributed by atoms with E-state index in [0.717, 1.165) is 16.9 Å². The Bertz CT molecular complexity index is 1840. The Balaban J connectivity index is 1.27. The molecule has 1 heterocycles. The average molecular weight is 587 g/mol. The topological polar surface area (TPSA) is 113 Å². The van der Waals surface area contributed by atoms with Crippen molar-refractivity contribution in [1.29, 1.82) is 0 Å². The van der Waals surface area contributed by atoms with Gasteiger partial charge in [-0.1, -0.05) is 35.9 Å². The first-order chi connectivity index (χ1) is 21.3. The Hall–Kier alpha value is -5.24. The highest BCUT2D eigenvalue weighted by atomic mass is 16.5. The second-order valence-corrected chi connectivity index (χ2v) is 11.7. The predicted molar refractivity (Wildman–Crippen MR) is 165 cm³/mol. The van der Waals surface area contributed by atoms with Crippen LogP contribution < -0.4 is 15.0 Å². The van der Waals surface area contributed by atoms with E-state index in [1.54, 1.807) is 25.1 Å². The van der Waals surface area contributed by atoms with Crippen molar-refractivity contribution < 1.29 is 29.0 Å². The number of aromatic hydroxyl groups is 1. The molecule has 0 spiro atoms. The van der Waals surface area contributed by atoms with E-state index in [0.29, 0.717) is 40.1 Å². The molecule has 0 radical (unpaired) electrons. The van der Waals surface area contributed by atoms with Crippen molar-refractivity contribution >= 4 is 40.4 Å². The molecular formula is C36H30N2O6. The van der Waals surface area contributed by atoms with Gasteiger partial charge in [-0.15, -0.1) is 0 Å². The summed E-state index contributed by atoms with van der Waals surface area (Å²) in [6.45, 7) is 1.63. The molecule has 0 saturated carbocycles. The number of carbonyl (C=O) groups is 4. The number of nitrogens with one attached hydrogen (secondary N) is 1. The maximum absolute atomic E-state index is 14.2. The number of amides is 2. The number of anilines is 3. The van der Waals surface area contributed by atoms with Crippen LogP contribution in [0.25, 0.3) is 0 Å². The molecule has 44 heavy (non-hydrogen) atoms. The number of phenolic OH excluding ortho intramolecular Hbond substituents is 1. The third-order valence-electron chi connectivity index (χ3n) is 9.28. The molecular weight excluding hydrogens is 556 g/mol. The van der Waals surface area contributed by atoms with Gasteiger partial charge < -0.3 is 15.2 Å². The summed E-state index contributed by atoms with van der Waals surface area (Å²) in [7, 11) is 1.48. The minimum atomic E-state index is -0.681. The van der Waals surface area contributed by atoms with E-state index < -0.39 is 23.7 Å². The summed E-state index contributed by atoms with van der Waals surface area (Å²) >= 11 is 0. The fourth-order valence-electron chi connectivity index (χ4n) is 7.29. The fraction of sp³-hybridized carbons (Fsp3) is 0.222. The standard InChI is InChI=1S/C36H30N2O6/c1-19-16-29(40)28-18-27-24(31(33(28)34(19)41)25-13-12-23(39)17-30(25)44-2)14-15-26-32(27)36(43)38(35(26)42)22-10-8-21(9-11-22)37-20-6-4-3-5-7-20/h3-14,16-17,26-27,31-32,37,39H,15,18H2,1-2H3. The summed E-state index contributed by atoms with van der Waals surface area (Å²) in [6.07, 6.45) is 3.86. The van der Waals surface area contributed by atoms with Gasteiger partial charge in [0.25, 0.3) is 0 Å². The number of imide groups is 1. The molecule has 2 amide bonds.